The van der Waals surface area contributed by atoms with Crippen LogP contribution in [0.1, 0.15) is 25.0 Å². The summed E-state index contributed by atoms with van der Waals surface area (Å²) in [7, 11) is 0. The quantitative estimate of drug-likeness (QED) is 0.742. The number of halogens is 2. The van der Waals surface area contributed by atoms with Gasteiger partial charge in [-0.05, 0) is 41.5 Å². The van der Waals surface area contributed by atoms with E-state index < -0.39 is 0 Å². The molecule has 0 amide bonds. The molecule has 1 aromatic rings. The lowest BCUT2D eigenvalue weighted by molar-refractivity contribution is 0.347. The minimum Gasteiger partial charge on any atom is -0.493 e. The fraction of sp³-hybridized carbons (Fsp3) is 0.571. The van der Waals surface area contributed by atoms with E-state index in [0.717, 1.165) is 30.2 Å². The van der Waals surface area contributed by atoms with Gasteiger partial charge in [-0.25, -0.2) is 0 Å². The van der Waals surface area contributed by atoms with Crippen molar-refractivity contribution in [1.29, 1.82) is 0 Å². The van der Waals surface area contributed by atoms with Gasteiger partial charge in [0.15, 0.2) is 0 Å². The van der Waals surface area contributed by atoms with Crippen LogP contribution >= 0.6 is 23.2 Å². The van der Waals surface area contributed by atoms with Crippen LogP contribution in [0.4, 0.5) is 0 Å². The minimum absolute atomic E-state index is 0.475. The van der Waals surface area contributed by atoms with Gasteiger partial charge < -0.3 is 4.74 Å². The Balaban J connectivity index is 2.26. The molecule has 1 atom stereocenters. The maximum atomic E-state index is 6.15. The molecule has 2 rings (SSSR count). The van der Waals surface area contributed by atoms with E-state index >= 15 is 0 Å². The van der Waals surface area contributed by atoms with E-state index in [9.17, 15) is 0 Å². The number of alkyl halides is 1. The van der Waals surface area contributed by atoms with Crippen molar-refractivity contribution in [2.75, 3.05) is 12.5 Å². The van der Waals surface area contributed by atoms with Crippen LogP contribution in [0.25, 0.3) is 0 Å². The topological polar surface area (TPSA) is 9.23 Å². The van der Waals surface area contributed by atoms with E-state index in [4.69, 9.17) is 27.9 Å². The molecule has 1 nitrogen and oxygen atoms in total. The molecule has 0 radical (unpaired) electrons. The van der Waals surface area contributed by atoms with Crippen molar-refractivity contribution in [2.24, 2.45) is 11.8 Å². The van der Waals surface area contributed by atoms with Gasteiger partial charge in [-0.1, -0.05) is 25.4 Å². The highest BCUT2D eigenvalue weighted by Gasteiger charge is 2.21. The van der Waals surface area contributed by atoms with Crippen LogP contribution in [0.2, 0.25) is 5.02 Å². The second kappa shape index (κ2) is 5.49. The Morgan fingerprint density at radius 2 is 2.12 bits per heavy atom. The van der Waals surface area contributed by atoms with Gasteiger partial charge in [0, 0.05) is 17.3 Å². The Labute approximate surface area is 113 Å². The van der Waals surface area contributed by atoms with E-state index in [0.29, 0.717) is 17.7 Å². The van der Waals surface area contributed by atoms with Crippen molar-refractivity contribution < 1.29 is 4.74 Å². The molecule has 0 fully saturated rings. The molecule has 0 saturated carbocycles. The second-order valence-corrected chi connectivity index (χ2v) is 5.76. The van der Waals surface area contributed by atoms with Gasteiger partial charge in [0.1, 0.15) is 5.75 Å². The molecule has 0 aliphatic carbocycles. The third-order valence-electron chi connectivity index (χ3n) is 3.45. The van der Waals surface area contributed by atoms with Gasteiger partial charge in [0.25, 0.3) is 0 Å². The highest BCUT2D eigenvalue weighted by atomic mass is 35.5. The third-order valence-corrected chi connectivity index (χ3v) is 4.06. The summed E-state index contributed by atoms with van der Waals surface area (Å²) in [5, 5.41) is 0.807. The lowest BCUT2D eigenvalue weighted by Gasteiger charge is -2.19. The maximum Gasteiger partial charge on any atom is 0.125 e. The van der Waals surface area contributed by atoms with Gasteiger partial charge in [-0.2, -0.15) is 0 Å². The normalized spacial score (nSPS) is 15.8. The highest BCUT2D eigenvalue weighted by molar-refractivity contribution is 6.30. The Morgan fingerprint density at radius 3 is 2.76 bits per heavy atom. The molecule has 1 unspecified atom stereocenters. The molecule has 0 N–H and O–H groups in total. The van der Waals surface area contributed by atoms with E-state index in [1.54, 1.807) is 0 Å². The Kier molecular flexibility index (Phi) is 4.22. The van der Waals surface area contributed by atoms with Crippen molar-refractivity contribution in [2.45, 2.75) is 26.7 Å². The predicted octanol–water partition coefficient (Wildman–Crippen LogP) is 4.33. The van der Waals surface area contributed by atoms with E-state index in [1.165, 1.54) is 11.1 Å². The standard InChI is InChI=1S/C14H18Cl2O/c1-9(2)12(8-15)5-11-7-13(16)6-10-3-4-17-14(10)11/h6-7,9,12H,3-5,8H2,1-2H3. The zero-order chi connectivity index (χ0) is 12.4. The van der Waals surface area contributed by atoms with Crippen LogP contribution in [0.3, 0.4) is 0 Å². The number of hydrogen-bond donors (Lipinski definition) is 0. The Bertz CT molecular complexity index is 401. The first-order valence-electron chi connectivity index (χ1n) is 6.12. The number of hydrogen-bond acceptors (Lipinski definition) is 1. The lowest BCUT2D eigenvalue weighted by Crippen LogP contribution is -2.14. The van der Waals surface area contributed by atoms with Crippen LogP contribution in [-0.4, -0.2) is 12.5 Å². The summed E-state index contributed by atoms with van der Waals surface area (Å²) in [6.07, 6.45) is 1.92. The summed E-state index contributed by atoms with van der Waals surface area (Å²) in [6.45, 7) is 5.19. The number of ether oxygens (including phenoxy) is 1. The van der Waals surface area contributed by atoms with Crippen LogP contribution in [0.15, 0.2) is 12.1 Å². The molecule has 0 spiro atoms. The Morgan fingerprint density at radius 1 is 1.35 bits per heavy atom. The van der Waals surface area contributed by atoms with Crippen molar-refractivity contribution in [1.82, 2.24) is 0 Å². The Hall–Kier alpha value is -0.400. The van der Waals surface area contributed by atoms with Crippen LogP contribution in [-0.2, 0) is 12.8 Å². The molecule has 1 heterocycles. The molecular formula is C14H18Cl2O. The first kappa shape index (κ1) is 13.0. The van der Waals surface area contributed by atoms with Crippen molar-refractivity contribution in [3.05, 3.63) is 28.3 Å². The summed E-state index contributed by atoms with van der Waals surface area (Å²) in [4.78, 5) is 0. The monoisotopic (exact) mass is 272 g/mol. The number of rotatable bonds is 4. The average Bonchev–Trinajstić information content (AvgIpc) is 2.72. The fourth-order valence-electron chi connectivity index (χ4n) is 2.25. The maximum absolute atomic E-state index is 6.15. The van der Waals surface area contributed by atoms with E-state index in [2.05, 4.69) is 13.8 Å². The summed E-state index contributed by atoms with van der Waals surface area (Å²) >= 11 is 12.2. The van der Waals surface area contributed by atoms with Gasteiger partial charge in [-0.15, -0.1) is 11.6 Å². The molecule has 1 aromatic carbocycles. The van der Waals surface area contributed by atoms with Crippen molar-refractivity contribution >= 4 is 23.2 Å². The zero-order valence-corrected chi connectivity index (χ0v) is 11.8. The molecule has 94 valence electrons. The van der Waals surface area contributed by atoms with Crippen LogP contribution in [0, 0.1) is 11.8 Å². The molecular weight excluding hydrogens is 255 g/mol. The smallest absolute Gasteiger partial charge is 0.125 e. The number of benzene rings is 1. The van der Waals surface area contributed by atoms with E-state index in [1.807, 2.05) is 12.1 Å². The van der Waals surface area contributed by atoms with Crippen LogP contribution in [0.5, 0.6) is 5.75 Å². The SMILES string of the molecule is CC(C)C(CCl)Cc1cc(Cl)cc2c1OCC2. The van der Waals surface area contributed by atoms with Crippen molar-refractivity contribution in [3.8, 4) is 5.75 Å². The lowest BCUT2D eigenvalue weighted by atomic mass is 9.90. The highest BCUT2D eigenvalue weighted by Crippen LogP contribution is 2.35. The van der Waals surface area contributed by atoms with Crippen molar-refractivity contribution in [3.63, 3.8) is 0 Å². The van der Waals surface area contributed by atoms with Gasteiger partial charge in [0.2, 0.25) is 0 Å². The molecule has 0 saturated heterocycles. The molecule has 0 bridgehead atoms. The number of fused-ring (bicyclic) bond motifs is 1. The molecule has 3 heteroatoms. The first-order chi connectivity index (χ1) is 8.11. The molecule has 0 aromatic heterocycles. The van der Waals surface area contributed by atoms with E-state index in [-0.39, 0.29) is 0 Å². The summed E-state index contributed by atoms with van der Waals surface area (Å²) in [5.74, 6) is 2.77. The minimum atomic E-state index is 0.475. The zero-order valence-electron chi connectivity index (χ0n) is 10.3. The van der Waals surface area contributed by atoms with Crippen LogP contribution < -0.4 is 4.74 Å². The largest absolute Gasteiger partial charge is 0.493 e. The average molecular weight is 273 g/mol. The summed E-state index contributed by atoms with van der Waals surface area (Å²) in [5.41, 5.74) is 2.45. The summed E-state index contributed by atoms with van der Waals surface area (Å²) < 4.78 is 5.71. The molecule has 1 aliphatic heterocycles. The second-order valence-electron chi connectivity index (χ2n) is 5.01. The molecule has 1 aliphatic rings. The van der Waals surface area contributed by atoms with Gasteiger partial charge >= 0.3 is 0 Å². The fourth-order valence-corrected chi connectivity index (χ4v) is 2.98. The van der Waals surface area contributed by atoms with Gasteiger partial charge in [0.05, 0.1) is 6.61 Å². The predicted molar refractivity (Wildman–Crippen MR) is 73.4 cm³/mol. The first-order valence-corrected chi connectivity index (χ1v) is 7.03. The molecule has 17 heavy (non-hydrogen) atoms. The third kappa shape index (κ3) is 2.89. The van der Waals surface area contributed by atoms with Gasteiger partial charge in [-0.3, -0.25) is 0 Å². The summed E-state index contributed by atoms with van der Waals surface area (Å²) in [6, 6.07) is 4.03.